The van der Waals surface area contributed by atoms with Crippen LogP contribution >= 0.6 is 11.3 Å². The predicted molar refractivity (Wildman–Crippen MR) is 60.1 cm³/mol. The molecule has 1 aliphatic rings. The van der Waals surface area contributed by atoms with Crippen molar-refractivity contribution in [3.63, 3.8) is 0 Å². The zero-order valence-corrected chi connectivity index (χ0v) is 8.50. The van der Waals surface area contributed by atoms with Crippen molar-refractivity contribution in [1.29, 1.82) is 0 Å². The Balaban J connectivity index is 2.09. The molecule has 1 unspecified atom stereocenters. The highest BCUT2D eigenvalue weighted by Gasteiger charge is 2.16. The number of fused-ring (bicyclic) bond motifs is 1. The lowest BCUT2D eigenvalue weighted by Crippen LogP contribution is -1.87. The van der Waals surface area contributed by atoms with Gasteiger partial charge in [0.1, 0.15) is 11.0 Å². The standard InChI is InChI=1S/C11H10N2S/c1-2-6-10-8(4-1)13-11(14-10)9-5-3-7-12-9/h1-2,4,6-7,9H,3,5H2. The Morgan fingerprint density at radius 3 is 3.00 bits per heavy atom. The van der Waals surface area contributed by atoms with E-state index in [2.05, 4.69) is 28.2 Å². The van der Waals surface area contributed by atoms with Crippen LogP contribution in [-0.4, -0.2) is 11.2 Å². The molecule has 0 saturated carbocycles. The summed E-state index contributed by atoms with van der Waals surface area (Å²) >= 11 is 1.77. The molecule has 0 aliphatic carbocycles. The highest BCUT2D eigenvalue weighted by atomic mass is 32.1. The van der Waals surface area contributed by atoms with E-state index in [1.54, 1.807) is 11.3 Å². The molecule has 2 aromatic rings. The minimum absolute atomic E-state index is 0.326. The summed E-state index contributed by atoms with van der Waals surface area (Å²) in [5.41, 5.74) is 1.11. The van der Waals surface area contributed by atoms with Gasteiger partial charge >= 0.3 is 0 Å². The summed E-state index contributed by atoms with van der Waals surface area (Å²) in [7, 11) is 0. The highest BCUT2D eigenvalue weighted by molar-refractivity contribution is 7.18. The van der Waals surface area contributed by atoms with Crippen molar-refractivity contribution in [2.75, 3.05) is 0 Å². The Kier molecular flexibility index (Phi) is 1.84. The van der Waals surface area contributed by atoms with Crippen molar-refractivity contribution in [3.8, 4) is 0 Å². The zero-order valence-electron chi connectivity index (χ0n) is 7.68. The average Bonchev–Trinajstić information content (AvgIpc) is 2.86. The second-order valence-electron chi connectivity index (χ2n) is 3.44. The maximum atomic E-state index is 4.60. The number of nitrogens with zero attached hydrogens (tertiary/aromatic N) is 2. The van der Waals surface area contributed by atoms with Gasteiger partial charge in [-0.25, -0.2) is 4.98 Å². The molecule has 0 radical (unpaired) electrons. The number of benzene rings is 1. The molecule has 0 amide bonds. The van der Waals surface area contributed by atoms with Crippen molar-refractivity contribution >= 4 is 27.8 Å². The van der Waals surface area contributed by atoms with Crippen molar-refractivity contribution < 1.29 is 0 Å². The summed E-state index contributed by atoms with van der Waals surface area (Å²) in [4.78, 5) is 9.02. The number of thiazole rings is 1. The molecule has 2 nitrogen and oxygen atoms in total. The normalized spacial score (nSPS) is 20.7. The molecular formula is C11H10N2S. The van der Waals surface area contributed by atoms with Crippen molar-refractivity contribution in [2.45, 2.75) is 18.9 Å². The number of rotatable bonds is 1. The van der Waals surface area contributed by atoms with Gasteiger partial charge in [0.15, 0.2) is 0 Å². The van der Waals surface area contributed by atoms with E-state index in [-0.39, 0.29) is 0 Å². The van der Waals surface area contributed by atoms with Gasteiger partial charge in [0.2, 0.25) is 0 Å². The molecule has 70 valence electrons. The summed E-state index contributed by atoms with van der Waals surface area (Å²) in [6.45, 7) is 0. The van der Waals surface area contributed by atoms with E-state index in [4.69, 9.17) is 0 Å². The first kappa shape index (κ1) is 8.12. The van der Waals surface area contributed by atoms with Gasteiger partial charge in [-0.2, -0.15) is 0 Å². The third-order valence-corrected chi connectivity index (χ3v) is 3.59. The van der Waals surface area contributed by atoms with Gasteiger partial charge in [0.25, 0.3) is 0 Å². The summed E-state index contributed by atoms with van der Waals surface area (Å²) < 4.78 is 1.27. The predicted octanol–water partition coefficient (Wildman–Crippen LogP) is 3.20. The third kappa shape index (κ3) is 1.24. The Morgan fingerprint density at radius 2 is 2.21 bits per heavy atom. The van der Waals surface area contributed by atoms with E-state index < -0.39 is 0 Å². The largest absolute Gasteiger partial charge is 0.287 e. The van der Waals surface area contributed by atoms with Crippen LogP contribution in [0.3, 0.4) is 0 Å². The Bertz CT molecular complexity index is 454. The summed E-state index contributed by atoms with van der Waals surface area (Å²) in [5.74, 6) is 0. The van der Waals surface area contributed by atoms with Crippen LogP contribution in [0.25, 0.3) is 10.2 Å². The molecule has 3 heteroatoms. The van der Waals surface area contributed by atoms with Gasteiger partial charge in [0.05, 0.1) is 10.2 Å². The number of aliphatic imine (C=N–C) groups is 1. The Hall–Kier alpha value is -1.22. The fourth-order valence-electron chi connectivity index (χ4n) is 1.73. The molecule has 1 atom stereocenters. The van der Waals surface area contributed by atoms with E-state index >= 15 is 0 Å². The molecule has 0 saturated heterocycles. The minimum Gasteiger partial charge on any atom is -0.287 e. The van der Waals surface area contributed by atoms with E-state index in [1.165, 1.54) is 9.71 Å². The lowest BCUT2D eigenvalue weighted by molar-refractivity contribution is 0.719. The fourth-order valence-corrected chi connectivity index (χ4v) is 2.78. The van der Waals surface area contributed by atoms with Gasteiger partial charge in [-0.1, -0.05) is 12.1 Å². The maximum Gasteiger partial charge on any atom is 0.118 e. The number of aromatic nitrogens is 1. The van der Waals surface area contributed by atoms with E-state index in [1.807, 2.05) is 12.3 Å². The Morgan fingerprint density at radius 1 is 1.29 bits per heavy atom. The maximum absolute atomic E-state index is 4.60. The zero-order chi connectivity index (χ0) is 9.38. The summed E-state index contributed by atoms with van der Waals surface area (Å²) in [5, 5.41) is 1.17. The van der Waals surface area contributed by atoms with Crippen molar-refractivity contribution in [1.82, 2.24) is 4.98 Å². The first-order valence-corrected chi connectivity index (χ1v) is 5.62. The molecule has 0 fully saturated rings. The van der Waals surface area contributed by atoms with Crippen molar-refractivity contribution in [2.24, 2.45) is 4.99 Å². The number of hydrogen-bond donors (Lipinski definition) is 0. The molecule has 2 heterocycles. The first-order chi connectivity index (χ1) is 6.93. The van der Waals surface area contributed by atoms with E-state index in [0.717, 1.165) is 18.4 Å². The minimum atomic E-state index is 0.326. The molecule has 0 spiro atoms. The van der Waals surface area contributed by atoms with Gasteiger partial charge in [-0.3, -0.25) is 4.99 Å². The van der Waals surface area contributed by atoms with Crippen LogP contribution in [0.4, 0.5) is 0 Å². The molecule has 14 heavy (non-hydrogen) atoms. The number of para-hydroxylation sites is 1. The second-order valence-corrected chi connectivity index (χ2v) is 4.51. The van der Waals surface area contributed by atoms with Crippen LogP contribution in [0.1, 0.15) is 23.9 Å². The monoisotopic (exact) mass is 202 g/mol. The highest BCUT2D eigenvalue weighted by Crippen LogP contribution is 2.32. The van der Waals surface area contributed by atoms with Gasteiger partial charge in [-0.05, 0) is 31.2 Å². The molecule has 1 aromatic heterocycles. The van der Waals surface area contributed by atoms with E-state index in [0.29, 0.717) is 6.04 Å². The van der Waals surface area contributed by atoms with Gasteiger partial charge < -0.3 is 0 Å². The fraction of sp³-hybridized carbons (Fsp3) is 0.273. The molecule has 0 N–H and O–H groups in total. The lowest BCUT2D eigenvalue weighted by Gasteiger charge is -1.98. The molecular weight excluding hydrogens is 192 g/mol. The van der Waals surface area contributed by atoms with E-state index in [9.17, 15) is 0 Å². The van der Waals surface area contributed by atoms with Crippen LogP contribution in [0.5, 0.6) is 0 Å². The Labute approximate surface area is 86.3 Å². The first-order valence-electron chi connectivity index (χ1n) is 4.80. The third-order valence-electron chi connectivity index (χ3n) is 2.45. The van der Waals surface area contributed by atoms with Gasteiger partial charge in [0, 0.05) is 0 Å². The van der Waals surface area contributed by atoms with Crippen LogP contribution in [0.15, 0.2) is 29.3 Å². The SMILES string of the molecule is C1=NC(c2nc3ccccc3s2)CC1. The summed E-state index contributed by atoms with van der Waals surface area (Å²) in [6.07, 6.45) is 4.23. The van der Waals surface area contributed by atoms with Crippen LogP contribution < -0.4 is 0 Å². The lowest BCUT2D eigenvalue weighted by atomic mass is 10.2. The van der Waals surface area contributed by atoms with Crippen molar-refractivity contribution in [3.05, 3.63) is 29.3 Å². The second kappa shape index (κ2) is 3.17. The van der Waals surface area contributed by atoms with Crippen LogP contribution in [0.2, 0.25) is 0 Å². The average molecular weight is 202 g/mol. The summed E-state index contributed by atoms with van der Waals surface area (Å²) in [6, 6.07) is 8.60. The number of hydrogen-bond acceptors (Lipinski definition) is 3. The van der Waals surface area contributed by atoms with Gasteiger partial charge in [-0.15, -0.1) is 11.3 Å². The smallest absolute Gasteiger partial charge is 0.118 e. The molecule has 1 aliphatic heterocycles. The molecule has 0 bridgehead atoms. The molecule has 3 rings (SSSR count). The topological polar surface area (TPSA) is 25.2 Å². The van der Waals surface area contributed by atoms with Crippen LogP contribution in [0, 0.1) is 0 Å². The quantitative estimate of drug-likeness (QED) is 0.697. The molecule has 1 aromatic carbocycles. The van der Waals surface area contributed by atoms with Crippen LogP contribution in [-0.2, 0) is 0 Å².